The van der Waals surface area contributed by atoms with Crippen LogP contribution < -0.4 is 9.62 Å². The van der Waals surface area contributed by atoms with Crippen LogP contribution in [0.3, 0.4) is 0 Å². The molecule has 2 amide bonds. The summed E-state index contributed by atoms with van der Waals surface area (Å²) in [6, 6.07) is 13.7. The zero-order valence-corrected chi connectivity index (χ0v) is 22.7. The standard InChI is InChI=1S/C25H34BrN3O4S/c1-5-7-15-27-25(31)23(6-2)28(17-20-12-9-8-11-19(20)3)24(30)18-29(34(4,32)33)22-14-10-13-21(26)16-22/h8-14,16,23H,5-7,15,17-18H2,1-4H3,(H,27,31). The molecule has 0 spiro atoms. The molecule has 7 nitrogen and oxygen atoms in total. The van der Waals surface area contributed by atoms with Crippen molar-refractivity contribution in [2.75, 3.05) is 23.7 Å². The molecule has 0 aliphatic rings. The Morgan fingerprint density at radius 3 is 2.38 bits per heavy atom. The molecular weight excluding hydrogens is 518 g/mol. The lowest BCUT2D eigenvalue weighted by Crippen LogP contribution is -2.52. The molecule has 1 unspecified atom stereocenters. The monoisotopic (exact) mass is 551 g/mol. The molecule has 186 valence electrons. The van der Waals surface area contributed by atoms with Crippen LogP contribution in [-0.2, 0) is 26.2 Å². The Bertz CT molecular complexity index is 1090. The van der Waals surface area contributed by atoms with Gasteiger partial charge in [0.2, 0.25) is 21.8 Å². The number of sulfonamides is 1. The van der Waals surface area contributed by atoms with Crippen LogP contribution in [0, 0.1) is 6.92 Å². The molecule has 0 aliphatic carbocycles. The van der Waals surface area contributed by atoms with Crippen LogP contribution in [0.5, 0.6) is 0 Å². The van der Waals surface area contributed by atoms with Crippen molar-refractivity contribution in [3.05, 3.63) is 64.1 Å². The molecule has 1 atom stereocenters. The van der Waals surface area contributed by atoms with Crippen LogP contribution in [-0.4, -0.2) is 50.5 Å². The normalized spacial score (nSPS) is 12.1. The number of hydrogen-bond donors (Lipinski definition) is 1. The summed E-state index contributed by atoms with van der Waals surface area (Å²) in [7, 11) is -3.75. The minimum atomic E-state index is -3.75. The molecule has 0 saturated heterocycles. The average molecular weight is 553 g/mol. The molecule has 0 heterocycles. The van der Waals surface area contributed by atoms with Crippen molar-refractivity contribution >= 4 is 43.5 Å². The molecule has 0 fully saturated rings. The van der Waals surface area contributed by atoms with Crippen molar-refractivity contribution in [2.24, 2.45) is 0 Å². The van der Waals surface area contributed by atoms with Crippen LogP contribution in [0.1, 0.15) is 44.2 Å². The second-order valence-corrected chi connectivity index (χ2v) is 11.1. The number of hydrogen-bond acceptors (Lipinski definition) is 4. The SMILES string of the molecule is CCCCNC(=O)C(CC)N(Cc1ccccc1C)C(=O)CN(c1cccc(Br)c1)S(C)(=O)=O. The number of benzene rings is 2. The van der Waals surface area contributed by atoms with Gasteiger partial charge in [-0.2, -0.15) is 0 Å². The van der Waals surface area contributed by atoms with Gasteiger partial charge in [0, 0.05) is 17.6 Å². The first-order valence-electron chi connectivity index (χ1n) is 11.4. The Morgan fingerprint density at radius 2 is 1.79 bits per heavy atom. The number of aryl methyl sites for hydroxylation is 1. The zero-order valence-electron chi connectivity index (χ0n) is 20.3. The van der Waals surface area contributed by atoms with E-state index < -0.39 is 28.5 Å². The van der Waals surface area contributed by atoms with Gasteiger partial charge in [-0.25, -0.2) is 8.42 Å². The van der Waals surface area contributed by atoms with Gasteiger partial charge in [0.25, 0.3) is 0 Å². The molecule has 0 aliphatic heterocycles. The van der Waals surface area contributed by atoms with E-state index in [1.807, 2.05) is 45.0 Å². The van der Waals surface area contributed by atoms with Gasteiger partial charge in [0.1, 0.15) is 12.6 Å². The number of amides is 2. The van der Waals surface area contributed by atoms with Gasteiger partial charge in [-0.3, -0.25) is 13.9 Å². The Labute approximate surface area is 211 Å². The minimum Gasteiger partial charge on any atom is -0.354 e. The number of carbonyl (C=O) groups excluding carboxylic acids is 2. The van der Waals surface area contributed by atoms with E-state index in [9.17, 15) is 18.0 Å². The molecule has 0 saturated carbocycles. The van der Waals surface area contributed by atoms with E-state index >= 15 is 0 Å². The molecule has 1 N–H and O–H groups in total. The van der Waals surface area contributed by atoms with E-state index in [-0.39, 0.29) is 12.5 Å². The van der Waals surface area contributed by atoms with Crippen LogP contribution >= 0.6 is 15.9 Å². The van der Waals surface area contributed by atoms with Crippen molar-refractivity contribution < 1.29 is 18.0 Å². The first kappa shape index (κ1) is 27.9. The Kier molecular flexibility index (Phi) is 10.6. The topological polar surface area (TPSA) is 86.8 Å². The summed E-state index contributed by atoms with van der Waals surface area (Å²) in [4.78, 5) is 28.2. The molecule has 2 aromatic carbocycles. The van der Waals surface area contributed by atoms with Gasteiger partial charge in [-0.05, 0) is 49.1 Å². The number of unbranched alkanes of at least 4 members (excludes halogenated alkanes) is 1. The largest absolute Gasteiger partial charge is 0.354 e. The number of rotatable bonds is 12. The van der Waals surface area contributed by atoms with Crippen molar-refractivity contribution in [3.63, 3.8) is 0 Å². The predicted octanol–water partition coefficient (Wildman–Crippen LogP) is 4.25. The Morgan fingerprint density at radius 1 is 1.09 bits per heavy atom. The number of anilines is 1. The van der Waals surface area contributed by atoms with Gasteiger partial charge >= 0.3 is 0 Å². The van der Waals surface area contributed by atoms with E-state index in [0.29, 0.717) is 23.1 Å². The number of carbonyl (C=O) groups is 2. The number of nitrogens with zero attached hydrogens (tertiary/aromatic N) is 2. The van der Waals surface area contributed by atoms with Gasteiger partial charge in [-0.1, -0.05) is 66.5 Å². The first-order chi connectivity index (χ1) is 16.1. The molecule has 0 radical (unpaired) electrons. The van der Waals surface area contributed by atoms with Crippen LogP contribution in [0.2, 0.25) is 0 Å². The minimum absolute atomic E-state index is 0.210. The zero-order chi connectivity index (χ0) is 25.3. The summed E-state index contributed by atoms with van der Waals surface area (Å²) in [5.41, 5.74) is 2.28. The van der Waals surface area contributed by atoms with Gasteiger partial charge < -0.3 is 10.2 Å². The summed E-state index contributed by atoms with van der Waals surface area (Å²) in [5.74, 6) is -0.669. The Balaban J connectivity index is 2.41. The maximum atomic E-state index is 13.6. The van der Waals surface area contributed by atoms with Crippen LogP contribution in [0.25, 0.3) is 0 Å². The fourth-order valence-electron chi connectivity index (χ4n) is 3.64. The van der Waals surface area contributed by atoms with Crippen LogP contribution in [0.4, 0.5) is 5.69 Å². The van der Waals surface area contributed by atoms with Gasteiger partial charge in [0.05, 0.1) is 11.9 Å². The summed E-state index contributed by atoms with van der Waals surface area (Å²) >= 11 is 3.36. The second kappa shape index (κ2) is 12.9. The average Bonchev–Trinajstić information content (AvgIpc) is 2.77. The van der Waals surface area contributed by atoms with Crippen LogP contribution in [0.15, 0.2) is 53.0 Å². The molecule has 2 aromatic rings. The Hall–Kier alpha value is -2.39. The third kappa shape index (κ3) is 7.84. The number of nitrogens with one attached hydrogen (secondary N) is 1. The second-order valence-electron chi connectivity index (χ2n) is 8.27. The predicted molar refractivity (Wildman–Crippen MR) is 140 cm³/mol. The van der Waals surface area contributed by atoms with Crippen molar-refractivity contribution in [3.8, 4) is 0 Å². The van der Waals surface area contributed by atoms with Crippen molar-refractivity contribution in [1.29, 1.82) is 0 Å². The van der Waals surface area contributed by atoms with E-state index in [4.69, 9.17) is 0 Å². The third-order valence-corrected chi connectivity index (χ3v) is 7.23. The van der Waals surface area contributed by atoms with Gasteiger partial charge in [0.15, 0.2) is 0 Å². The van der Waals surface area contributed by atoms with Crippen molar-refractivity contribution in [2.45, 2.75) is 52.6 Å². The lowest BCUT2D eigenvalue weighted by atomic mass is 10.1. The van der Waals surface area contributed by atoms with E-state index in [1.54, 1.807) is 24.3 Å². The molecule has 0 aromatic heterocycles. The highest BCUT2D eigenvalue weighted by atomic mass is 79.9. The smallest absolute Gasteiger partial charge is 0.244 e. The third-order valence-electron chi connectivity index (χ3n) is 5.59. The highest BCUT2D eigenvalue weighted by Gasteiger charge is 2.31. The van der Waals surface area contributed by atoms with E-state index in [0.717, 1.165) is 34.5 Å². The summed E-state index contributed by atoms with van der Waals surface area (Å²) in [6.45, 7) is 6.18. The fourth-order valence-corrected chi connectivity index (χ4v) is 4.87. The summed E-state index contributed by atoms with van der Waals surface area (Å²) in [6.07, 6.45) is 3.27. The fraction of sp³-hybridized carbons (Fsp3) is 0.440. The maximum Gasteiger partial charge on any atom is 0.244 e. The van der Waals surface area contributed by atoms with E-state index in [2.05, 4.69) is 21.2 Å². The van der Waals surface area contributed by atoms with E-state index in [1.165, 1.54) is 4.90 Å². The maximum absolute atomic E-state index is 13.6. The highest BCUT2D eigenvalue weighted by Crippen LogP contribution is 2.23. The van der Waals surface area contributed by atoms with Gasteiger partial charge in [-0.15, -0.1) is 0 Å². The quantitative estimate of drug-likeness (QED) is 0.399. The molecule has 34 heavy (non-hydrogen) atoms. The molecule has 9 heteroatoms. The highest BCUT2D eigenvalue weighted by molar-refractivity contribution is 9.10. The lowest BCUT2D eigenvalue weighted by molar-refractivity contribution is -0.140. The first-order valence-corrected chi connectivity index (χ1v) is 14.1. The lowest BCUT2D eigenvalue weighted by Gasteiger charge is -2.33. The molecular formula is C25H34BrN3O4S. The van der Waals surface area contributed by atoms with Crippen molar-refractivity contribution in [1.82, 2.24) is 10.2 Å². The summed E-state index contributed by atoms with van der Waals surface area (Å²) < 4.78 is 27.0. The molecule has 0 bridgehead atoms. The summed E-state index contributed by atoms with van der Waals surface area (Å²) in [5, 5.41) is 2.92. The molecule has 2 rings (SSSR count). The number of halogens is 1.